The third-order valence-electron chi connectivity index (χ3n) is 6.14. The van der Waals surface area contributed by atoms with Gasteiger partial charge in [0.15, 0.2) is 17.7 Å². The molecule has 2 aromatic heterocycles. The van der Waals surface area contributed by atoms with Gasteiger partial charge in [-0.2, -0.15) is 0 Å². The predicted octanol–water partition coefficient (Wildman–Crippen LogP) is 3.03. The number of hydrogen-bond acceptors (Lipinski definition) is 8. The molecule has 3 heterocycles. The smallest absolute Gasteiger partial charge is 0.167 e. The van der Waals surface area contributed by atoms with Crippen molar-refractivity contribution in [2.24, 2.45) is 0 Å². The van der Waals surface area contributed by atoms with E-state index in [0.29, 0.717) is 17.8 Å². The maximum absolute atomic E-state index is 11.4. The molecule has 0 aliphatic carbocycles. The van der Waals surface area contributed by atoms with E-state index in [4.69, 9.17) is 19.9 Å². The Labute approximate surface area is 202 Å². The summed E-state index contributed by atoms with van der Waals surface area (Å²) in [7, 11) is 0. The summed E-state index contributed by atoms with van der Waals surface area (Å²) in [4.78, 5) is 12.6. The van der Waals surface area contributed by atoms with Gasteiger partial charge in [-0.25, -0.2) is 15.0 Å². The number of nitrogens with two attached hydrogens (primary N) is 1. The van der Waals surface area contributed by atoms with Gasteiger partial charge in [0.05, 0.1) is 26.1 Å². The van der Waals surface area contributed by atoms with Crippen LogP contribution in [0, 0.1) is 0 Å². The predicted molar refractivity (Wildman–Crippen MR) is 130 cm³/mol. The second kappa shape index (κ2) is 9.93. The van der Waals surface area contributed by atoms with Crippen LogP contribution in [0.25, 0.3) is 11.2 Å². The quantitative estimate of drug-likeness (QED) is 0.356. The number of aliphatic hydroxyl groups excluding tert-OH is 1. The van der Waals surface area contributed by atoms with Crippen molar-refractivity contribution in [3.63, 3.8) is 0 Å². The zero-order chi connectivity index (χ0) is 24.3. The van der Waals surface area contributed by atoms with Crippen LogP contribution < -0.4 is 5.73 Å². The van der Waals surface area contributed by atoms with Crippen LogP contribution in [0.4, 0.5) is 5.82 Å². The van der Waals surface area contributed by atoms with Crippen LogP contribution in [0.5, 0.6) is 0 Å². The average molecular weight is 474 g/mol. The molecule has 1 saturated heterocycles. The highest BCUT2D eigenvalue weighted by Crippen LogP contribution is 2.41. The number of nitrogen functional groups attached to an aromatic ring is 1. The molecule has 0 amide bonds. The summed E-state index contributed by atoms with van der Waals surface area (Å²) in [6.45, 7) is 4.80. The molecule has 0 unspecified atom stereocenters. The van der Waals surface area contributed by atoms with E-state index in [-0.39, 0.29) is 19.0 Å². The Morgan fingerprint density at radius 1 is 1.03 bits per heavy atom. The molecule has 4 aromatic rings. The fourth-order valence-electron chi connectivity index (χ4n) is 4.32. The number of benzene rings is 2. The van der Waals surface area contributed by atoms with Crippen molar-refractivity contribution < 1.29 is 19.3 Å². The molecule has 1 aliphatic heterocycles. The third kappa shape index (κ3) is 4.54. The molecule has 0 spiro atoms. The Bertz CT molecular complexity index is 1280. The van der Waals surface area contributed by atoms with Crippen LogP contribution in [0.2, 0.25) is 0 Å². The van der Waals surface area contributed by atoms with Crippen molar-refractivity contribution in [2.75, 3.05) is 12.3 Å². The van der Waals surface area contributed by atoms with Crippen molar-refractivity contribution in [2.45, 2.75) is 37.3 Å². The summed E-state index contributed by atoms with van der Waals surface area (Å²) in [6, 6.07) is 19.6. The van der Waals surface area contributed by atoms with Gasteiger partial charge >= 0.3 is 0 Å². The summed E-state index contributed by atoms with van der Waals surface area (Å²) in [6.07, 6.45) is 1.84. The van der Waals surface area contributed by atoms with Gasteiger partial charge < -0.3 is 25.1 Å². The first-order valence-corrected chi connectivity index (χ1v) is 11.3. The van der Waals surface area contributed by atoms with Gasteiger partial charge in [-0.15, -0.1) is 6.58 Å². The number of anilines is 1. The number of aromatic nitrogens is 4. The standard InChI is InChI=1S/C26H27N5O4/c1-2-26(15-33-13-18-9-5-3-6-10-18)22(34-14-19-11-7-4-8-12-19)21(32)25(35-26)31-17-30-20-23(27)28-16-29-24(20)31/h2-12,16-17,21-22,25,32H,1,13-15H2,(H2,27,28,29)/t21-,22+,25-,26-/m1/s1. The zero-order valence-corrected chi connectivity index (χ0v) is 19.1. The van der Waals surface area contributed by atoms with Crippen LogP contribution in [0.1, 0.15) is 17.4 Å². The molecule has 1 fully saturated rings. The number of imidazole rings is 1. The van der Waals surface area contributed by atoms with E-state index < -0.39 is 24.0 Å². The first-order valence-electron chi connectivity index (χ1n) is 11.3. The number of nitrogens with zero attached hydrogens (tertiary/aromatic N) is 4. The molecule has 0 bridgehead atoms. The molecule has 1 aliphatic rings. The molecule has 0 saturated carbocycles. The fraction of sp³-hybridized carbons (Fsp3) is 0.269. The number of rotatable bonds is 9. The molecule has 2 aromatic carbocycles. The van der Waals surface area contributed by atoms with Crippen molar-refractivity contribution in [1.29, 1.82) is 0 Å². The number of hydrogen-bond donors (Lipinski definition) is 2. The van der Waals surface area contributed by atoms with E-state index in [1.165, 1.54) is 12.7 Å². The molecule has 0 radical (unpaired) electrons. The minimum atomic E-state index is -1.12. The van der Waals surface area contributed by atoms with Gasteiger partial charge in [-0.05, 0) is 11.1 Å². The van der Waals surface area contributed by atoms with Gasteiger partial charge in [-0.1, -0.05) is 66.7 Å². The second-order valence-corrected chi connectivity index (χ2v) is 8.44. The maximum atomic E-state index is 11.4. The lowest BCUT2D eigenvalue weighted by atomic mass is 9.95. The Morgan fingerprint density at radius 2 is 1.71 bits per heavy atom. The molecular weight excluding hydrogens is 446 g/mol. The van der Waals surface area contributed by atoms with Gasteiger partial charge in [0, 0.05) is 0 Å². The largest absolute Gasteiger partial charge is 0.386 e. The molecule has 4 atom stereocenters. The van der Waals surface area contributed by atoms with Gasteiger partial charge in [-0.3, -0.25) is 4.57 Å². The summed E-state index contributed by atoms with van der Waals surface area (Å²) >= 11 is 0. The molecule has 180 valence electrons. The number of aliphatic hydroxyl groups is 1. The molecule has 5 rings (SSSR count). The summed E-state index contributed by atoms with van der Waals surface area (Å²) in [5.74, 6) is 0.249. The lowest BCUT2D eigenvalue weighted by Gasteiger charge is -2.31. The van der Waals surface area contributed by atoms with Crippen LogP contribution in [0.3, 0.4) is 0 Å². The van der Waals surface area contributed by atoms with Crippen LogP contribution in [-0.4, -0.2) is 49.0 Å². The Morgan fingerprint density at radius 3 is 2.40 bits per heavy atom. The number of fused-ring (bicyclic) bond motifs is 1. The SMILES string of the molecule is C=C[C@]1(COCc2ccccc2)O[C@@H](n2cnc3c(N)ncnc32)[C@H](O)[C@@H]1OCc1ccccc1. The molecular formula is C26H27N5O4. The van der Waals surface area contributed by atoms with Crippen LogP contribution in [0.15, 0.2) is 86.0 Å². The molecule has 3 N–H and O–H groups in total. The van der Waals surface area contributed by atoms with Gasteiger partial charge in [0.1, 0.15) is 29.7 Å². The highest BCUT2D eigenvalue weighted by atomic mass is 16.6. The summed E-state index contributed by atoms with van der Waals surface area (Å²) < 4.78 is 20.4. The van der Waals surface area contributed by atoms with E-state index in [2.05, 4.69) is 21.5 Å². The Kier molecular flexibility index (Phi) is 6.56. The van der Waals surface area contributed by atoms with Crippen molar-refractivity contribution in [1.82, 2.24) is 19.5 Å². The van der Waals surface area contributed by atoms with E-state index in [1.54, 1.807) is 10.6 Å². The molecule has 9 heteroatoms. The van der Waals surface area contributed by atoms with Crippen molar-refractivity contribution in [3.05, 3.63) is 97.1 Å². The second-order valence-electron chi connectivity index (χ2n) is 8.44. The maximum Gasteiger partial charge on any atom is 0.167 e. The highest BCUT2D eigenvalue weighted by Gasteiger charge is 2.55. The highest BCUT2D eigenvalue weighted by molar-refractivity contribution is 5.81. The van der Waals surface area contributed by atoms with Crippen molar-refractivity contribution >= 4 is 17.0 Å². The first-order chi connectivity index (χ1) is 17.1. The Hall–Kier alpha value is -3.63. The van der Waals surface area contributed by atoms with E-state index >= 15 is 0 Å². The monoisotopic (exact) mass is 473 g/mol. The van der Waals surface area contributed by atoms with Gasteiger partial charge in [0.2, 0.25) is 0 Å². The minimum Gasteiger partial charge on any atom is -0.386 e. The summed E-state index contributed by atoms with van der Waals surface area (Å²) in [5, 5.41) is 11.4. The number of ether oxygens (including phenoxy) is 3. The Balaban J connectivity index is 1.43. The van der Waals surface area contributed by atoms with Gasteiger partial charge in [0.25, 0.3) is 0 Å². The van der Waals surface area contributed by atoms with Crippen molar-refractivity contribution in [3.8, 4) is 0 Å². The average Bonchev–Trinajstić information content (AvgIpc) is 3.44. The van der Waals surface area contributed by atoms with Crippen LogP contribution >= 0.6 is 0 Å². The van der Waals surface area contributed by atoms with Crippen LogP contribution in [-0.2, 0) is 27.4 Å². The topological polar surface area (TPSA) is 118 Å². The van der Waals surface area contributed by atoms with E-state index in [0.717, 1.165) is 11.1 Å². The first kappa shape index (κ1) is 23.1. The summed E-state index contributed by atoms with van der Waals surface area (Å²) in [5.41, 5.74) is 7.71. The lowest BCUT2D eigenvalue weighted by Crippen LogP contribution is -2.47. The van der Waals surface area contributed by atoms with E-state index in [9.17, 15) is 5.11 Å². The molecule has 9 nitrogen and oxygen atoms in total. The van der Waals surface area contributed by atoms with E-state index in [1.807, 2.05) is 60.7 Å². The minimum absolute atomic E-state index is 0.127. The third-order valence-corrected chi connectivity index (χ3v) is 6.14. The normalized spacial score (nSPS) is 24.1. The lowest BCUT2D eigenvalue weighted by molar-refractivity contribution is -0.128. The fourth-order valence-corrected chi connectivity index (χ4v) is 4.32. The zero-order valence-electron chi connectivity index (χ0n) is 19.1. The molecule has 35 heavy (non-hydrogen) atoms.